The molecule has 1 heterocycles. The predicted molar refractivity (Wildman–Crippen MR) is 73.7 cm³/mol. The molecule has 0 fully saturated rings. The maximum absolute atomic E-state index is 12.1. The summed E-state index contributed by atoms with van der Waals surface area (Å²) in [6.07, 6.45) is 0.690. The molecule has 0 radical (unpaired) electrons. The van der Waals surface area contributed by atoms with Gasteiger partial charge < -0.3 is 10.8 Å². The number of aromatic nitrogens is 2. The van der Waals surface area contributed by atoms with Gasteiger partial charge >= 0.3 is 11.7 Å². The molecule has 0 aromatic carbocycles. The van der Waals surface area contributed by atoms with Crippen LogP contribution in [0.4, 0.5) is 5.82 Å². The standard InChI is InChI=1S/C11H17N3O4S/c1-3-5-14-9(12)8(19-6-7(15)16)10(17)13(4-2)11(14)18/h3-6,12H2,1-2H3,(H,15,16). The quantitative estimate of drug-likeness (QED) is 0.724. The zero-order chi connectivity index (χ0) is 14.6. The summed E-state index contributed by atoms with van der Waals surface area (Å²) in [5, 5.41) is 8.67. The lowest BCUT2D eigenvalue weighted by atomic mass is 10.4. The maximum atomic E-state index is 12.1. The van der Waals surface area contributed by atoms with E-state index in [9.17, 15) is 14.4 Å². The van der Waals surface area contributed by atoms with Gasteiger partial charge in [0.05, 0.1) is 5.75 Å². The molecule has 106 valence electrons. The average Bonchev–Trinajstić information content (AvgIpc) is 2.34. The molecule has 0 saturated heterocycles. The number of nitrogen functional groups attached to an aromatic ring is 1. The fourth-order valence-electron chi connectivity index (χ4n) is 1.68. The molecule has 0 aliphatic carbocycles. The summed E-state index contributed by atoms with van der Waals surface area (Å²) in [6.45, 7) is 4.19. The Balaban J connectivity index is 3.44. The van der Waals surface area contributed by atoms with Crippen LogP contribution in [0.2, 0.25) is 0 Å². The fraction of sp³-hybridized carbons (Fsp3) is 0.545. The van der Waals surface area contributed by atoms with Crippen LogP contribution >= 0.6 is 11.8 Å². The molecule has 8 heteroatoms. The van der Waals surface area contributed by atoms with E-state index in [1.807, 2.05) is 6.92 Å². The van der Waals surface area contributed by atoms with Gasteiger partial charge in [0.15, 0.2) is 0 Å². The highest BCUT2D eigenvalue weighted by molar-refractivity contribution is 8.00. The summed E-state index contributed by atoms with van der Waals surface area (Å²) in [6, 6.07) is 0. The second-order valence-corrected chi connectivity index (χ2v) is 4.87. The van der Waals surface area contributed by atoms with E-state index >= 15 is 0 Å². The van der Waals surface area contributed by atoms with Gasteiger partial charge in [-0.2, -0.15) is 0 Å². The molecule has 0 spiro atoms. The van der Waals surface area contributed by atoms with Crippen LogP contribution in [-0.2, 0) is 17.9 Å². The van der Waals surface area contributed by atoms with Gasteiger partial charge in [0.25, 0.3) is 5.56 Å². The first-order valence-electron chi connectivity index (χ1n) is 5.91. The molecule has 3 N–H and O–H groups in total. The zero-order valence-corrected chi connectivity index (χ0v) is 11.7. The first kappa shape index (κ1) is 15.4. The van der Waals surface area contributed by atoms with Crippen molar-refractivity contribution in [3.05, 3.63) is 20.8 Å². The van der Waals surface area contributed by atoms with E-state index in [1.54, 1.807) is 6.92 Å². The first-order chi connectivity index (χ1) is 8.93. The topological polar surface area (TPSA) is 107 Å². The molecule has 1 aromatic rings. The van der Waals surface area contributed by atoms with Crippen molar-refractivity contribution >= 4 is 23.5 Å². The molecule has 1 rings (SSSR count). The minimum atomic E-state index is -1.04. The molecule has 19 heavy (non-hydrogen) atoms. The molecule has 0 bridgehead atoms. The Kier molecular flexibility index (Phi) is 5.22. The Bertz CT molecular complexity index is 591. The number of rotatable bonds is 6. The SMILES string of the molecule is CCCn1c(N)c(SCC(=O)O)c(=O)n(CC)c1=O. The number of carboxylic acids is 1. The Morgan fingerprint density at radius 1 is 1.32 bits per heavy atom. The van der Waals surface area contributed by atoms with E-state index in [0.29, 0.717) is 13.0 Å². The van der Waals surface area contributed by atoms with Gasteiger partial charge in [-0.25, -0.2) is 4.79 Å². The number of carbonyl (C=O) groups is 1. The highest BCUT2D eigenvalue weighted by Crippen LogP contribution is 2.19. The van der Waals surface area contributed by atoms with Crippen LogP contribution < -0.4 is 17.0 Å². The first-order valence-corrected chi connectivity index (χ1v) is 6.90. The largest absolute Gasteiger partial charge is 0.481 e. The number of hydrogen-bond acceptors (Lipinski definition) is 5. The van der Waals surface area contributed by atoms with Gasteiger partial charge in [0, 0.05) is 13.1 Å². The molecule has 0 atom stereocenters. The molecule has 7 nitrogen and oxygen atoms in total. The highest BCUT2D eigenvalue weighted by Gasteiger charge is 2.17. The normalized spacial score (nSPS) is 10.6. The number of carboxylic acid groups (broad SMARTS) is 1. The smallest absolute Gasteiger partial charge is 0.332 e. The van der Waals surface area contributed by atoms with Crippen LogP contribution in [0.3, 0.4) is 0 Å². The van der Waals surface area contributed by atoms with Gasteiger partial charge in [0.1, 0.15) is 10.7 Å². The summed E-state index contributed by atoms with van der Waals surface area (Å²) in [4.78, 5) is 34.8. The molecular weight excluding hydrogens is 270 g/mol. The number of nitrogens with two attached hydrogens (primary N) is 1. The number of thioether (sulfide) groups is 1. The monoisotopic (exact) mass is 287 g/mol. The van der Waals surface area contributed by atoms with Crippen molar-refractivity contribution in [2.75, 3.05) is 11.5 Å². The van der Waals surface area contributed by atoms with Crippen molar-refractivity contribution in [3.63, 3.8) is 0 Å². The van der Waals surface area contributed by atoms with Crippen molar-refractivity contribution in [2.45, 2.75) is 38.3 Å². The van der Waals surface area contributed by atoms with Crippen molar-refractivity contribution in [3.8, 4) is 0 Å². The average molecular weight is 287 g/mol. The Morgan fingerprint density at radius 2 is 1.95 bits per heavy atom. The molecule has 0 unspecified atom stereocenters. The zero-order valence-electron chi connectivity index (χ0n) is 10.9. The molecule has 0 aliphatic rings. The second kappa shape index (κ2) is 6.46. The molecular formula is C11H17N3O4S. The lowest BCUT2D eigenvalue weighted by Gasteiger charge is -2.14. The van der Waals surface area contributed by atoms with Crippen LogP contribution in [-0.4, -0.2) is 26.0 Å². The van der Waals surface area contributed by atoms with E-state index in [1.165, 1.54) is 4.57 Å². The number of aliphatic carboxylic acids is 1. The summed E-state index contributed by atoms with van der Waals surface area (Å²) in [5.41, 5.74) is 4.84. The molecule has 1 aromatic heterocycles. The number of anilines is 1. The Labute approximate surface area is 114 Å². The van der Waals surface area contributed by atoms with Crippen LogP contribution in [0.1, 0.15) is 20.3 Å². The van der Waals surface area contributed by atoms with Gasteiger partial charge in [-0.1, -0.05) is 6.92 Å². The number of nitrogens with zero attached hydrogens (tertiary/aromatic N) is 2. The highest BCUT2D eigenvalue weighted by atomic mass is 32.2. The van der Waals surface area contributed by atoms with Crippen LogP contribution in [0.15, 0.2) is 14.5 Å². The van der Waals surface area contributed by atoms with E-state index in [-0.39, 0.29) is 23.0 Å². The van der Waals surface area contributed by atoms with E-state index < -0.39 is 17.2 Å². The van der Waals surface area contributed by atoms with Gasteiger partial charge in [-0.05, 0) is 13.3 Å². The van der Waals surface area contributed by atoms with E-state index in [4.69, 9.17) is 10.8 Å². The third kappa shape index (κ3) is 3.19. The van der Waals surface area contributed by atoms with Crippen molar-refractivity contribution in [1.82, 2.24) is 9.13 Å². The predicted octanol–water partition coefficient (Wildman–Crippen LogP) is 0.199. The lowest BCUT2D eigenvalue weighted by Crippen LogP contribution is -2.41. The van der Waals surface area contributed by atoms with E-state index in [2.05, 4.69) is 0 Å². The van der Waals surface area contributed by atoms with Crippen molar-refractivity contribution in [1.29, 1.82) is 0 Å². The van der Waals surface area contributed by atoms with Gasteiger partial charge in [0.2, 0.25) is 0 Å². The van der Waals surface area contributed by atoms with E-state index in [0.717, 1.165) is 16.3 Å². The second-order valence-electron chi connectivity index (χ2n) is 3.88. The Morgan fingerprint density at radius 3 is 2.42 bits per heavy atom. The summed E-state index contributed by atoms with van der Waals surface area (Å²) in [5.74, 6) is -1.26. The molecule has 0 aliphatic heterocycles. The Hall–Kier alpha value is -1.70. The minimum Gasteiger partial charge on any atom is -0.481 e. The summed E-state index contributed by atoms with van der Waals surface area (Å²) in [7, 11) is 0. The molecule has 0 amide bonds. The third-order valence-corrected chi connectivity index (χ3v) is 3.59. The fourth-order valence-corrected chi connectivity index (χ4v) is 2.44. The molecule has 0 saturated carbocycles. The maximum Gasteiger partial charge on any atom is 0.332 e. The van der Waals surface area contributed by atoms with Gasteiger partial charge in [-0.15, -0.1) is 11.8 Å². The van der Waals surface area contributed by atoms with Gasteiger partial charge in [-0.3, -0.25) is 18.7 Å². The third-order valence-electron chi connectivity index (χ3n) is 2.53. The lowest BCUT2D eigenvalue weighted by molar-refractivity contribution is -0.133. The van der Waals surface area contributed by atoms with Crippen LogP contribution in [0.25, 0.3) is 0 Å². The van der Waals surface area contributed by atoms with Crippen LogP contribution in [0, 0.1) is 0 Å². The number of hydrogen-bond donors (Lipinski definition) is 2. The summed E-state index contributed by atoms with van der Waals surface area (Å²) < 4.78 is 2.38. The van der Waals surface area contributed by atoms with Crippen LogP contribution in [0.5, 0.6) is 0 Å². The van der Waals surface area contributed by atoms with Crippen molar-refractivity contribution in [2.24, 2.45) is 0 Å². The minimum absolute atomic E-state index is 0.0489. The summed E-state index contributed by atoms with van der Waals surface area (Å²) >= 11 is 0.842. The van der Waals surface area contributed by atoms with Crippen molar-refractivity contribution < 1.29 is 9.90 Å².